The number of aromatic amines is 1. The molecule has 0 radical (unpaired) electrons. The fourth-order valence-corrected chi connectivity index (χ4v) is 3.83. The van der Waals surface area contributed by atoms with Crippen LogP contribution in [0.4, 0.5) is 0 Å². The van der Waals surface area contributed by atoms with E-state index in [1.807, 2.05) is 13.8 Å². The molecule has 0 spiro atoms. The fraction of sp³-hybridized carbons (Fsp3) is 0.600. The molecule has 1 fully saturated rings. The van der Waals surface area contributed by atoms with Crippen LogP contribution in [0.3, 0.4) is 0 Å². The number of H-pyrrole nitrogens is 1. The molecular formula is C15H20N2O3S. The van der Waals surface area contributed by atoms with Crippen molar-refractivity contribution in [1.29, 1.82) is 0 Å². The second-order valence-electron chi connectivity index (χ2n) is 5.72. The molecule has 21 heavy (non-hydrogen) atoms. The summed E-state index contributed by atoms with van der Waals surface area (Å²) < 4.78 is 5.82. The van der Waals surface area contributed by atoms with Gasteiger partial charge in [-0.25, -0.2) is 4.98 Å². The van der Waals surface area contributed by atoms with Crippen LogP contribution in [0.5, 0.6) is 0 Å². The summed E-state index contributed by atoms with van der Waals surface area (Å²) in [5.74, 6) is 0.583. The summed E-state index contributed by atoms with van der Waals surface area (Å²) in [5.41, 5.74) is 0.928. The van der Waals surface area contributed by atoms with Gasteiger partial charge >= 0.3 is 0 Å². The van der Waals surface area contributed by atoms with Crippen LogP contribution in [0, 0.1) is 13.8 Å². The van der Waals surface area contributed by atoms with Crippen molar-refractivity contribution in [3.8, 4) is 0 Å². The van der Waals surface area contributed by atoms with Crippen molar-refractivity contribution in [2.75, 3.05) is 0 Å². The van der Waals surface area contributed by atoms with E-state index in [0.717, 1.165) is 41.0 Å². The van der Waals surface area contributed by atoms with Crippen LogP contribution in [0.25, 0.3) is 10.2 Å². The highest BCUT2D eigenvalue weighted by Gasteiger charge is 2.20. The summed E-state index contributed by atoms with van der Waals surface area (Å²) in [6.45, 7) is 4.28. The number of nitrogens with zero attached hydrogens (tertiary/aromatic N) is 1. The molecule has 2 N–H and O–H groups in total. The standard InChI is InChI=1S/C15H20N2O3S/c1-8-9(2)21-15-13(8)14(19)16-12(17-15)7-20-11-5-3-10(18)4-6-11/h10-11,18H,3-7H2,1-2H3,(H,16,17,19). The first-order valence-electron chi connectivity index (χ1n) is 7.33. The third kappa shape index (κ3) is 3.02. The lowest BCUT2D eigenvalue weighted by Gasteiger charge is -2.25. The lowest BCUT2D eigenvalue weighted by atomic mass is 9.95. The summed E-state index contributed by atoms with van der Waals surface area (Å²) in [5, 5.41) is 10.2. The Morgan fingerprint density at radius 1 is 1.33 bits per heavy atom. The van der Waals surface area contributed by atoms with Gasteiger partial charge in [-0.3, -0.25) is 4.79 Å². The van der Waals surface area contributed by atoms with E-state index in [4.69, 9.17) is 4.74 Å². The Balaban J connectivity index is 1.74. The number of aromatic nitrogens is 2. The molecule has 1 aliphatic rings. The topological polar surface area (TPSA) is 75.2 Å². The zero-order chi connectivity index (χ0) is 15.0. The molecule has 0 unspecified atom stereocenters. The van der Waals surface area contributed by atoms with Crippen LogP contribution in [0.2, 0.25) is 0 Å². The minimum atomic E-state index is -0.184. The van der Waals surface area contributed by atoms with Gasteiger partial charge in [-0.1, -0.05) is 0 Å². The van der Waals surface area contributed by atoms with Gasteiger partial charge in [0.15, 0.2) is 0 Å². The van der Waals surface area contributed by atoms with Crippen molar-refractivity contribution >= 4 is 21.6 Å². The zero-order valence-corrected chi connectivity index (χ0v) is 13.1. The van der Waals surface area contributed by atoms with E-state index in [1.54, 1.807) is 11.3 Å². The molecule has 2 heterocycles. The van der Waals surface area contributed by atoms with E-state index in [0.29, 0.717) is 17.8 Å². The lowest BCUT2D eigenvalue weighted by Crippen LogP contribution is -2.25. The maximum absolute atomic E-state index is 12.2. The number of fused-ring (bicyclic) bond motifs is 1. The van der Waals surface area contributed by atoms with E-state index in [9.17, 15) is 9.90 Å². The Morgan fingerprint density at radius 2 is 2.05 bits per heavy atom. The number of thiophene rings is 1. The number of aliphatic hydroxyl groups excluding tert-OH is 1. The molecule has 0 aromatic carbocycles. The summed E-state index contributed by atoms with van der Waals surface area (Å²) >= 11 is 1.55. The molecule has 6 heteroatoms. The van der Waals surface area contributed by atoms with Gasteiger partial charge in [0, 0.05) is 4.88 Å². The number of rotatable bonds is 3. The van der Waals surface area contributed by atoms with Crippen LogP contribution in [0.1, 0.15) is 41.9 Å². The molecule has 0 bridgehead atoms. The van der Waals surface area contributed by atoms with Gasteiger partial charge in [0.25, 0.3) is 5.56 Å². The zero-order valence-electron chi connectivity index (χ0n) is 12.3. The van der Waals surface area contributed by atoms with Crippen molar-refractivity contribution in [1.82, 2.24) is 9.97 Å². The molecule has 2 aromatic heterocycles. The van der Waals surface area contributed by atoms with E-state index < -0.39 is 0 Å². The quantitative estimate of drug-likeness (QED) is 0.913. The molecule has 0 saturated heterocycles. The van der Waals surface area contributed by atoms with Crippen molar-refractivity contribution in [2.24, 2.45) is 0 Å². The fourth-order valence-electron chi connectivity index (χ4n) is 2.78. The third-order valence-corrected chi connectivity index (χ3v) is 5.29. The second kappa shape index (κ2) is 5.87. The number of hydrogen-bond donors (Lipinski definition) is 2. The first-order valence-corrected chi connectivity index (χ1v) is 8.15. The molecule has 3 rings (SSSR count). The minimum absolute atomic E-state index is 0.0838. The summed E-state index contributed by atoms with van der Waals surface area (Å²) in [7, 11) is 0. The number of aliphatic hydroxyl groups is 1. The molecule has 5 nitrogen and oxygen atoms in total. The number of ether oxygens (including phenoxy) is 1. The second-order valence-corrected chi connectivity index (χ2v) is 6.92. The molecular weight excluding hydrogens is 288 g/mol. The van der Waals surface area contributed by atoms with Gasteiger partial charge < -0.3 is 14.8 Å². The van der Waals surface area contributed by atoms with Crippen LogP contribution in [-0.2, 0) is 11.3 Å². The largest absolute Gasteiger partial charge is 0.393 e. The van der Waals surface area contributed by atoms with E-state index in [2.05, 4.69) is 9.97 Å². The van der Waals surface area contributed by atoms with E-state index in [-0.39, 0.29) is 17.8 Å². The molecule has 1 saturated carbocycles. The van der Waals surface area contributed by atoms with Gasteiger partial charge in [-0.15, -0.1) is 11.3 Å². The summed E-state index contributed by atoms with van der Waals surface area (Å²) in [6, 6.07) is 0. The molecule has 0 amide bonds. The van der Waals surface area contributed by atoms with Crippen LogP contribution in [0.15, 0.2) is 4.79 Å². The highest BCUT2D eigenvalue weighted by atomic mass is 32.1. The molecule has 114 valence electrons. The van der Waals surface area contributed by atoms with Crippen LogP contribution >= 0.6 is 11.3 Å². The first kappa shape index (κ1) is 14.7. The Morgan fingerprint density at radius 3 is 2.76 bits per heavy atom. The molecule has 1 aliphatic carbocycles. The van der Waals surface area contributed by atoms with Gasteiger partial charge in [-0.2, -0.15) is 0 Å². The summed E-state index contributed by atoms with van der Waals surface area (Å²) in [6.07, 6.45) is 3.28. The number of nitrogens with one attached hydrogen (secondary N) is 1. The first-order chi connectivity index (χ1) is 10.0. The normalized spacial score (nSPS) is 22.8. The highest BCUT2D eigenvalue weighted by molar-refractivity contribution is 7.18. The third-order valence-electron chi connectivity index (χ3n) is 4.19. The minimum Gasteiger partial charge on any atom is -0.393 e. The van der Waals surface area contributed by atoms with Crippen LogP contribution in [-0.4, -0.2) is 27.3 Å². The van der Waals surface area contributed by atoms with Crippen LogP contribution < -0.4 is 5.56 Å². The predicted molar refractivity (Wildman–Crippen MR) is 82.8 cm³/mol. The van der Waals surface area contributed by atoms with Crippen molar-refractivity contribution < 1.29 is 9.84 Å². The van der Waals surface area contributed by atoms with Gasteiger partial charge in [0.05, 0.1) is 17.6 Å². The van der Waals surface area contributed by atoms with Crippen molar-refractivity contribution in [3.63, 3.8) is 0 Å². The van der Waals surface area contributed by atoms with Gasteiger partial charge in [0.1, 0.15) is 17.3 Å². The van der Waals surface area contributed by atoms with Crippen molar-refractivity contribution in [2.45, 2.75) is 58.3 Å². The monoisotopic (exact) mass is 308 g/mol. The molecule has 0 aliphatic heterocycles. The maximum atomic E-state index is 12.2. The van der Waals surface area contributed by atoms with E-state index >= 15 is 0 Å². The summed E-state index contributed by atoms with van der Waals surface area (Å²) in [4.78, 5) is 21.4. The van der Waals surface area contributed by atoms with E-state index in [1.165, 1.54) is 0 Å². The van der Waals surface area contributed by atoms with Gasteiger partial charge in [0.2, 0.25) is 0 Å². The number of hydrogen-bond acceptors (Lipinski definition) is 5. The van der Waals surface area contributed by atoms with Gasteiger partial charge in [-0.05, 0) is 45.1 Å². The molecule has 0 atom stereocenters. The Hall–Kier alpha value is -1.24. The Kier molecular flexibility index (Phi) is 4.10. The Bertz CT molecular complexity index is 699. The lowest BCUT2D eigenvalue weighted by molar-refractivity contribution is -0.0141. The number of aryl methyl sites for hydroxylation is 2. The molecule has 2 aromatic rings. The Labute approximate surface area is 127 Å². The highest BCUT2D eigenvalue weighted by Crippen LogP contribution is 2.26. The predicted octanol–water partition coefficient (Wildman–Crippen LogP) is 2.42. The average Bonchev–Trinajstić information content (AvgIpc) is 2.74. The SMILES string of the molecule is Cc1sc2nc(COC3CCC(O)CC3)[nH]c(=O)c2c1C. The van der Waals surface area contributed by atoms with Crippen molar-refractivity contribution in [3.05, 3.63) is 26.6 Å². The average molecular weight is 308 g/mol. The maximum Gasteiger partial charge on any atom is 0.259 e. The smallest absolute Gasteiger partial charge is 0.259 e.